The molecule has 5 nitrogen and oxygen atoms in total. The zero-order chi connectivity index (χ0) is 11.4. The van der Waals surface area contributed by atoms with Gasteiger partial charge in [0.1, 0.15) is 22.2 Å². The Morgan fingerprint density at radius 3 is 2.67 bits per heavy atom. The van der Waals surface area contributed by atoms with Gasteiger partial charge < -0.3 is 21.1 Å². The van der Waals surface area contributed by atoms with Crippen LogP contribution >= 0.6 is 15.9 Å². The van der Waals surface area contributed by atoms with Crippen molar-refractivity contribution in [2.75, 3.05) is 6.54 Å². The largest absolute Gasteiger partial charge is 0.506 e. The summed E-state index contributed by atoms with van der Waals surface area (Å²) in [6.07, 6.45) is -2.01. The maximum Gasteiger partial charge on any atom is 0.139 e. The third-order valence-corrected chi connectivity index (χ3v) is 2.42. The van der Waals surface area contributed by atoms with Gasteiger partial charge >= 0.3 is 0 Å². The van der Waals surface area contributed by atoms with Gasteiger partial charge in [0, 0.05) is 0 Å². The standard InChI is InChI=1S/C9H13BrN2O3/c10-7-2-1-5(13)8(12-7)9(15)6(14)3-4-11/h1-2,6,9,13-15H,3-4,11H2. The quantitative estimate of drug-likeness (QED) is 0.593. The number of halogens is 1. The summed E-state index contributed by atoms with van der Waals surface area (Å²) in [6, 6.07) is 2.94. The topological polar surface area (TPSA) is 99.6 Å². The van der Waals surface area contributed by atoms with Crippen LogP contribution in [0.15, 0.2) is 16.7 Å². The lowest BCUT2D eigenvalue weighted by molar-refractivity contribution is 0.0110. The van der Waals surface area contributed by atoms with Gasteiger partial charge in [-0.05, 0) is 41.0 Å². The van der Waals surface area contributed by atoms with Gasteiger partial charge in [-0.2, -0.15) is 0 Å². The van der Waals surface area contributed by atoms with Gasteiger partial charge in [0.2, 0.25) is 0 Å². The van der Waals surface area contributed by atoms with Gasteiger partial charge in [-0.15, -0.1) is 0 Å². The van der Waals surface area contributed by atoms with Crippen LogP contribution in [0, 0.1) is 0 Å². The Bertz CT molecular complexity index is 335. The minimum absolute atomic E-state index is 0.0466. The normalized spacial score (nSPS) is 14.9. The van der Waals surface area contributed by atoms with E-state index in [2.05, 4.69) is 20.9 Å². The summed E-state index contributed by atoms with van der Waals surface area (Å²) in [5.74, 6) is -0.151. The number of aliphatic hydroxyl groups excluding tert-OH is 2. The molecule has 0 amide bonds. The smallest absolute Gasteiger partial charge is 0.139 e. The highest BCUT2D eigenvalue weighted by atomic mass is 79.9. The Morgan fingerprint density at radius 2 is 2.07 bits per heavy atom. The van der Waals surface area contributed by atoms with Crippen LogP contribution < -0.4 is 5.73 Å². The first-order valence-corrected chi connectivity index (χ1v) is 5.27. The van der Waals surface area contributed by atoms with Crippen molar-refractivity contribution in [3.63, 3.8) is 0 Å². The second-order valence-corrected chi connectivity index (χ2v) is 3.94. The summed E-state index contributed by atoms with van der Waals surface area (Å²) in [7, 11) is 0. The molecular weight excluding hydrogens is 264 g/mol. The number of aromatic nitrogens is 1. The third-order valence-electron chi connectivity index (χ3n) is 1.98. The Labute approximate surface area is 95.7 Å². The molecule has 1 aromatic heterocycles. The van der Waals surface area contributed by atoms with E-state index >= 15 is 0 Å². The zero-order valence-electron chi connectivity index (χ0n) is 7.97. The molecule has 2 atom stereocenters. The molecule has 15 heavy (non-hydrogen) atoms. The van der Waals surface area contributed by atoms with Crippen molar-refractivity contribution in [2.24, 2.45) is 5.73 Å². The minimum Gasteiger partial charge on any atom is -0.506 e. The van der Waals surface area contributed by atoms with Crippen LogP contribution in [0.1, 0.15) is 18.2 Å². The van der Waals surface area contributed by atoms with Crippen molar-refractivity contribution in [2.45, 2.75) is 18.6 Å². The highest BCUT2D eigenvalue weighted by Gasteiger charge is 2.22. The number of aromatic hydroxyl groups is 1. The molecule has 0 radical (unpaired) electrons. The maximum atomic E-state index is 9.68. The summed E-state index contributed by atoms with van der Waals surface area (Å²) in [6.45, 7) is 0.257. The van der Waals surface area contributed by atoms with E-state index in [0.29, 0.717) is 4.60 Å². The number of rotatable bonds is 4. The number of aliphatic hydroxyl groups is 2. The van der Waals surface area contributed by atoms with Crippen LogP contribution in [-0.2, 0) is 0 Å². The number of nitrogens with zero attached hydrogens (tertiary/aromatic N) is 1. The average Bonchev–Trinajstić information content (AvgIpc) is 2.21. The Balaban J connectivity index is 2.89. The lowest BCUT2D eigenvalue weighted by Crippen LogP contribution is -2.22. The maximum absolute atomic E-state index is 9.68. The highest BCUT2D eigenvalue weighted by molar-refractivity contribution is 9.10. The molecule has 0 saturated carbocycles. The van der Waals surface area contributed by atoms with Crippen LogP contribution in [0.3, 0.4) is 0 Å². The molecule has 6 heteroatoms. The van der Waals surface area contributed by atoms with Gasteiger partial charge in [0.25, 0.3) is 0 Å². The van der Waals surface area contributed by atoms with Crippen LogP contribution in [0.5, 0.6) is 5.75 Å². The second-order valence-electron chi connectivity index (χ2n) is 3.13. The predicted molar refractivity (Wildman–Crippen MR) is 58.2 cm³/mol. The molecule has 0 spiro atoms. The van der Waals surface area contributed by atoms with E-state index in [1.54, 1.807) is 6.07 Å². The van der Waals surface area contributed by atoms with Crippen LogP contribution in [0.4, 0.5) is 0 Å². The fourth-order valence-electron chi connectivity index (χ4n) is 1.17. The fourth-order valence-corrected chi connectivity index (χ4v) is 1.49. The van der Waals surface area contributed by atoms with Gasteiger partial charge in [0.15, 0.2) is 0 Å². The molecule has 0 bridgehead atoms. The molecule has 0 saturated heterocycles. The molecular formula is C9H13BrN2O3. The average molecular weight is 277 g/mol. The lowest BCUT2D eigenvalue weighted by Gasteiger charge is -2.17. The van der Waals surface area contributed by atoms with Crippen molar-refractivity contribution < 1.29 is 15.3 Å². The molecule has 0 aliphatic carbocycles. The lowest BCUT2D eigenvalue weighted by atomic mass is 10.1. The third kappa shape index (κ3) is 3.13. The van der Waals surface area contributed by atoms with Crippen LogP contribution in [-0.4, -0.2) is 33.0 Å². The highest BCUT2D eigenvalue weighted by Crippen LogP contribution is 2.26. The summed E-state index contributed by atoms with van der Waals surface area (Å²) in [4.78, 5) is 3.89. The van der Waals surface area contributed by atoms with E-state index in [0.717, 1.165) is 0 Å². The number of nitrogens with two attached hydrogens (primary N) is 1. The SMILES string of the molecule is NCCC(O)C(O)c1nc(Br)ccc1O. The van der Waals surface area contributed by atoms with E-state index in [-0.39, 0.29) is 24.4 Å². The van der Waals surface area contributed by atoms with Gasteiger partial charge in [-0.1, -0.05) is 0 Å². The first kappa shape index (κ1) is 12.4. The van der Waals surface area contributed by atoms with E-state index in [1.807, 2.05) is 0 Å². The molecule has 84 valence electrons. The van der Waals surface area contributed by atoms with Crippen molar-refractivity contribution in [1.82, 2.24) is 4.98 Å². The monoisotopic (exact) mass is 276 g/mol. The molecule has 0 aliphatic heterocycles. The number of pyridine rings is 1. The molecule has 1 rings (SSSR count). The van der Waals surface area contributed by atoms with Crippen molar-refractivity contribution in [1.29, 1.82) is 0 Å². The molecule has 5 N–H and O–H groups in total. The first-order chi connectivity index (χ1) is 7.06. The zero-order valence-corrected chi connectivity index (χ0v) is 9.55. The Morgan fingerprint density at radius 1 is 1.40 bits per heavy atom. The van der Waals surface area contributed by atoms with Crippen LogP contribution in [0.2, 0.25) is 0 Å². The van der Waals surface area contributed by atoms with Gasteiger partial charge in [0.05, 0.1) is 6.10 Å². The van der Waals surface area contributed by atoms with E-state index in [4.69, 9.17) is 5.73 Å². The van der Waals surface area contributed by atoms with Crippen molar-refractivity contribution in [3.05, 3.63) is 22.4 Å². The molecule has 0 fully saturated rings. The number of hydrogen-bond donors (Lipinski definition) is 4. The van der Waals surface area contributed by atoms with Crippen molar-refractivity contribution >= 4 is 15.9 Å². The molecule has 2 unspecified atom stereocenters. The van der Waals surface area contributed by atoms with E-state index in [1.165, 1.54) is 6.07 Å². The first-order valence-electron chi connectivity index (χ1n) is 4.48. The Hall–Kier alpha value is -0.690. The molecule has 0 aromatic carbocycles. The summed E-state index contributed by atoms with van der Waals surface area (Å²) in [5.41, 5.74) is 5.30. The molecule has 0 aliphatic rings. The molecule has 1 heterocycles. The molecule has 1 aromatic rings. The Kier molecular flexibility index (Phi) is 4.46. The van der Waals surface area contributed by atoms with Gasteiger partial charge in [-0.3, -0.25) is 0 Å². The van der Waals surface area contributed by atoms with Gasteiger partial charge in [-0.25, -0.2) is 4.98 Å². The van der Waals surface area contributed by atoms with E-state index in [9.17, 15) is 15.3 Å². The summed E-state index contributed by atoms with van der Waals surface area (Å²) >= 11 is 3.11. The van der Waals surface area contributed by atoms with Crippen molar-refractivity contribution in [3.8, 4) is 5.75 Å². The fraction of sp³-hybridized carbons (Fsp3) is 0.444. The van der Waals surface area contributed by atoms with E-state index < -0.39 is 12.2 Å². The number of hydrogen-bond acceptors (Lipinski definition) is 5. The van der Waals surface area contributed by atoms with Crippen LogP contribution in [0.25, 0.3) is 0 Å². The second kappa shape index (κ2) is 5.41. The minimum atomic E-state index is -1.23. The predicted octanol–water partition coefficient (Wildman–Crippen LogP) is 0.293. The summed E-state index contributed by atoms with van der Waals surface area (Å²) in [5, 5.41) is 28.6. The summed E-state index contributed by atoms with van der Waals surface area (Å²) < 4.78 is 0.481.